The minimum Gasteiger partial charge on any atom is -0.368 e. The van der Waals surface area contributed by atoms with Gasteiger partial charge in [0.1, 0.15) is 5.82 Å². The second-order valence-electron chi connectivity index (χ2n) is 5.30. The van der Waals surface area contributed by atoms with Gasteiger partial charge in [0.25, 0.3) is 0 Å². The molecule has 1 aromatic heterocycles. The van der Waals surface area contributed by atoms with Crippen molar-refractivity contribution in [3.8, 4) is 0 Å². The van der Waals surface area contributed by atoms with E-state index in [1.54, 1.807) is 6.20 Å². The van der Waals surface area contributed by atoms with Crippen LogP contribution in [0.15, 0.2) is 10.7 Å². The third kappa shape index (κ3) is 3.56. The summed E-state index contributed by atoms with van der Waals surface area (Å²) in [7, 11) is 2.17. The molecule has 1 aliphatic rings. The zero-order valence-electron chi connectivity index (χ0n) is 10.7. The Balaban J connectivity index is 1.96. The zero-order chi connectivity index (χ0) is 13.2. The molecule has 4 nitrogen and oxygen atoms in total. The van der Waals surface area contributed by atoms with E-state index in [1.165, 1.54) is 12.8 Å². The normalized spacial score (nSPS) is 19.8. The highest BCUT2D eigenvalue weighted by atomic mass is 79.9. The van der Waals surface area contributed by atoms with Gasteiger partial charge in [0.15, 0.2) is 0 Å². The summed E-state index contributed by atoms with van der Waals surface area (Å²) in [5, 5.41) is 3.65. The highest BCUT2D eigenvalue weighted by molar-refractivity contribution is 9.10. The predicted octanol–water partition coefficient (Wildman–Crippen LogP) is 3.04. The third-order valence-corrected chi connectivity index (χ3v) is 4.35. The van der Waals surface area contributed by atoms with E-state index in [2.05, 4.69) is 50.1 Å². The summed E-state index contributed by atoms with van der Waals surface area (Å²) in [6.07, 6.45) is 4.08. The van der Waals surface area contributed by atoms with Gasteiger partial charge in [-0.25, -0.2) is 4.98 Å². The number of aromatic nitrogens is 2. The predicted molar refractivity (Wildman–Crippen MR) is 78.1 cm³/mol. The summed E-state index contributed by atoms with van der Waals surface area (Å²) in [5.74, 6) is 0.773. The van der Waals surface area contributed by atoms with Crippen molar-refractivity contribution < 1.29 is 0 Å². The van der Waals surface area contributed by atoms with Crippen molar-refractivity contribution >= 4 is 33.3 Å². The Morgan fingerprint density at radius 2 is 2.17 bits per heavy atom. The van der Waals surface area contributed by atoms with E-state index in [0.717, 1.165) is 29.9 Å². The monoisotopic (exact) mass is 332 g/mol. The molecular formula is C12H18BrClN4. The summed E-state index contributed by atoms with van der Waals surface area (Å²) in [5.41, 5.74) is 0.323. The van der Waals surface area contributed by atoms with Crippen LogP contribution in [0.5, 0.6) is 0 Å². The number of nitrogens with zero attached hydrogens (tertiary/aromatic N) is 3. The first-order valence-corrected chi connectivity index (χ1v) is 7.26. The number of hydrogen-bond acceptors (Lipinski definition) is 4. The van der Waals surface area contributed by atoms with Crippen LogP contribution in [0.2, 0.25) is 5.28 Å². The fraction of sp³-hybridized carbons (Fsp3) is 0.667. The first kappa shape index (κ1) is 14.0. The lowest BCUT2D eigenvalue weighted by molar-refractivity contribution is 0.150. The molecule has 6 heteroatoms. The van der Waals surface area contributed by atoms with Crippen molar-refractivity contribution in [1.29, 1.82) is 0 Å². The van der Waals surface area contributed by atoms with Gasteiger partial charge in [0.2, 0.25) is 5.28 Å². The Morgan fingerprint density at radius 1 is 1.50 bits per heavy atom. The lowest BCUT2D eigenvalue weighted by atomic mass is 9.80. The minimum atomic E-state index is 0.272. The second-order valence-corrected chi connectivity index (χ2v) is 6.50. The Kier molecular flexibility index (Phi) is 4.45. The van der Waals surface area contributed by atoms with Gasteiger partial charge in [-0.2, -0.15) is 4.98 Å². The Labute approximate surface area is 121 Å². The van der Waals surface area contributed by atoms with Gasteiger partial charge < -0.3 is 10.2 Å². The summed E-state index contributed by atoms with van der Waals surface area (Å²) in [6, 6.07) is 0. The van der Waals surface area contributed by atoms with E-state index < -0.39 is 0 Å². The van der Waals surface area contributed by atoms with Crippen molar-refractivity contribution in [2.45, 2.75) is 19.8 Å². The lowest BCUT2D eigenvalue weighted by Gasteiger charge is -2.38. The number of nitrogens with one attached hydrogen (secondary N) is 1. The van der Waals surface area contributed by atoms with Crippen molar-refractivity contribution in [3.63, 3.8) is 0 Å². The van der Waals surface area contributed by atoms with Gasteiger partial charge in [-0.3, -0.25) is 0 Å². The third-order valence-electron chi connectivity index (χ3n) is 3.59. The molecule has 0 aliphatic carbocycles. The summed E-state index contributed by atoms with van der Waals surface area (Å²) >= 11 is 9.23. The smallest absolute Gasteiger partial charge is 0.224 e. The fourth-order valence-corrected chi connectivity index (χ4v) is 2.57. The van der Waals surface area contributed by atoms with Gasteiger partial charge in [-0.1, -0.05) is 6.92 Å². The van der Waals surface area contributed by atoms with Crippen LogP contribution in [0.4, 0.5) is 5.82 Å². The molecule has 1 aliphatic heterocycles. The Bertz CT molecular complexity index is 419. The van der Waals surface area contributed by atoms with E-state index in [9.17, 15) is 0 Å². The van der Waals surface area contributed by atoms with Crippen LogP contribution in [0.3, 0.4) is 0 Å². The molecule has 2 heterocycles. The minimum absolute atomic E-state index is 0.272. The van der Waals surface area contributed by atoms with Gasteiger partial charge in [-0.05, 0) is 65.9 Å². The van der Waals surface area contributed by atoms with Crippen molar-refractivity contribution in [1.82, 2.24) is 14.9 Å². The van der Waals surface area contributed by atoms with Crippen LogP contribution < -0.4 is 5.32 Å². The van der Waals surface area contributed by atoms with Crippen LogP contribution in [0, 0.1) is 5.41 Å². The van der Waals surface area contributed by atoms with Gasteiger partial charge in [-0.15, -0.1) is 0 Å². The highest BCUT2D eigenvalue weighted by Gasteiger charge is 2.28. The van der Waals surface area contributed by atoms with E-state index in [1.807, 2.05) is 0 Å². The van der Waals surface area contributed by atoms with E-state index in [-0.39, 0.29) is 5.28 Å². The molecule has 0 aromatic carbocycles. The topological polar surface area (TPSA) is 41.0 Å². The summed E-state index contributed by atoms with van der Waals surface area (Å²) in [6.45, 7) is 5.55. The SMILES string of the molecule is CN1CCC(C)(CNc2nc(Cl)ncc2Br)CC1. The lowest BCUT2D eigenvalue weighted by Crippen LogP contribution is -2.40. The molecule has 100 valence electrons. The number of hydrogen-bond donors (Lipinski definition) is 1. The molecule has 0 radical (unpaired) electrons. The molecule has 0 amide bonds. The van der Waals surface area contributed by atoms with Crippen LogP contribution in [-0.4, -0.2) is 41.5 Å². The van der Waals surface area contributed by atoms with E-state index in [0.29, 0.717) is 5.41 Å². The molecule has 1 fully saturated rings. The van der Waals surface area contributed by atoms with Gasteiger partial charge in [0.05, 0.1) is 4.47 Å². The fourth-order valence-electron chi connectivity index (χ4n) is 2.10. The first-order valence-electron chi connectivity index (χ1n) is 6.09. The second kappa shape index (κ2) is 5.72. The van der Waals surface area contributed by atoms with Crippen molar-refractivity contribution in [2.24, 2.45) is 5.41 Å². The molecule has 0 unspecified atom stereocenters. The number of halogens is 2. The van der Waals surface area contributed by atoms with Crippen LogP contribution in [-0.2, 0) is 0 Å². The summed E-state index contributed by atoms with van der Waals surface area (Å²) < 4.78 is 0.850. The number of rotatable bonds is 3. The van der Waals surface area contributed by atoms with Crippen LogP contribution >= 0.6 is 27.5 Å². The molecule has 18 heavy (non-hydrogen) atoms. The molecule has 1 N–H and O–H groups in total. The Hall–Kier alpha value is -0.390. The highest BCUT2D eigenvalue weighted by Crippen LogP contribution is 2.31. The van der Waals surface area contributed by atoms with E-state index >= 15 is 0 Å². The van der Waals surface area contributed by atoms with Gasteiger partial charge >= 0.3 is 0 Å². The molecule has 0 saturated carbocycles. The van der Waals surface area contributed by atoms with Crippen LogP contribution in [0.1, 0.15) is 19.8 Å². The largest absolute Gasteiger partial charge is 0.368 e. The maximum atomic E-state index is 5.80. The number of likely N-dealkylation sites (tertiary alicyclic amines) is 1. The molecule has 1 aromatic rings. The maximum Gasteiger partial charge on any atom is 0.224 e. The quantitative estimate of drug-likeness (QED) is 0.863. The number of anilines is 1. The molecular weight excluding hydrogens is 316 g/mol. The zero-order valence-corrected chi connectivity index (χ0v) is 13.1. The molecule has 0 bridgehead atoms. The summed E-state index contributed by atoms with van der Waals surface area (Å²) in [4.78, 5) is 10.5. The maximum absolute atomic E-state index is 5.80. The van der Waals surface area contributed by atoms with Crippen molar-refractivity contribution in [2.75, 3.05) is 32.0 Å². The van der Waals surface area contributed by atoms with Gasteiger partial charge in [0, 0.05) is 12.7 Å². The standard InChI is InChI=1S/C12H18BrClN4/c1-12(3-5-18(2)6-4-12)8-16-10-9(13)7-15-11(14)17-10/h7H,3-6,8H2,1-2H3,(H,15,16,17). The average Bonchev–Trinajstić information content (AvgIpc) is 2.35. The molecule has 2 rings (SSSR count). The van der Waals surface area contributed by atoms with E-state index in [4.69, 9.17) is 11.6 Å². The van der Waals surface area contributed by atoms with Crippen LogP contribution in [0.25, 0.3) is 0 Å². The molecule has 1 saturated heterocycles. The van der Waals surface area contributed by atoms with Crippen molar-refractivity contribution in [3.05, 3.63) is 16.0 Å². The average molecular weight is 334 g/mol. The Morgan fingerprint density at radius 3 is 2.83 bits per heavy atom. The molecule has 0 atom stereocenters. The molecule has 0 spiro atoms. The number of piperidine rings is 1. The first-order chi connectivity index (χ1) is 8.48.